The first-order chi connectivity index (χ1) is 14.8. The molecule has 0 spiro atoms. The van der Waals surface area contributed by atoms with Crippen molar-refractivity contribution in [3.8, 4) is 21.8 Å². The summed E-state index contributed by atoms with van der Waals surface area (Å²) >= 11 is 1.49. The summed E-state index contributed by atoms with van der Waals surface area (Å²) < 4.78 is 20.8. The molecule has 1 N–H and O–H groups in total. The average molecular weight is 443 g/mol. The van der Waals surface area contributed by atoms with E-state index >= 15 is 0 Å². The number of hydrogen-bond acceptors (Lipinski definition) is 5. The number of nitrogens with zero attached hydrogens (tertiary/aromatic N) is 3. The van der Waals surface area contributed by atoms with Crippen LogP contribution in [0.5, 0.6) is 0 Å². The van der Waals surface area contributed by atoms with E-state index in [1.165, 1.54) is 23.5 Å². The molecule has 31 heavy (non-hydrogen) atoms. The van der Waals surface area contributed by atoms with Crippen molar-refractivity contribution >= 4 is 17.2 Å². The largest absolute Gasteiger partial charge is 0.381 e. The lowest BCUT2D eigenvalue weighted by molar-refractivity contribution is -0.121. The van der Waals surface area contributed by atoms with Gasteiger partial charge in [-0.2, -0.15) is 5.10 Å². The van der Waals surface area contributed by atoms with Crippen molar-refractivity contribution in [3.05, 3.63) is 47.4 Å². The van der Waals surface area contributed by atoms with Crippen molar-refractivity contribution in [2.45, 2.75) is 51.6 Å². The van der Waals surface area contributed by atoms with E-state index in [0.717, 1.165) is 40.4 Å². The summed E-state index contributed by atoms with van der Waals surface area (Å²) in [7, 11) is 0. The summed E-state index contributed by atoms with van der Waals surface area (Å²) in [5.41, 5.74) is 3.12. The second-order valence-corrected chi connectivity index (χ2v) is 9.63. The summed E-state index contributed by atoms with van der Waals surface area (Å²) in [5, 5.41) is 10.4. The molecule has 3 heterocycles. The molecule has 0 saturated carbocycles. The Balaban J connectivity index is 1.59. The fourth-order valence-corrected chi connectivity index (χ4v) is 4.53. The lowest BCUT2D eigenvalue weighted by Gasteiger charge is -2.23. The first-order valence-electron chi connectivity index (χ1n) is 10.5. The predicted molar refractivity (Wildman–Crippen MR) is 119 cm³/mol. The Kier molecular flexibility index (Phi) is 6.20. The Morgan fingerprint density at radius 2 is 1.97 bits per heavy atom. The normalized spacial score (nSPS) is 15.2. The van der Waals surface area contributed by atoms with Crippen LogP contribution in [0.4, 0.5) is 4.39 Å². The van der Waals surface area contributed by atoms with Gasteiger partial charge in [0.05, 0.1) is 35.1 Å². The minimum Gasteiger partial charge on any atom is -0.381 e. The van der Waals surface area contributed by atoms with Crippen molar-refractivity contribution in [1.29, 1.82) is 0 Å². The molecule has 4 rings (SSSR count). The van der Waals surface area contributed by atoms with Crippen molar-refractivity contribution < 1.29 is 13.9 Å². The lowest BCUT2D eigenvalue weighted by atomic mass is 10.0. The number of halogens is 1. The smallest absolute Gasteiger partial charge is 0.226 e. The van der Waals surface area contributed by atoms with Gasteiger partial charge in [-0.3, -0.25) is 9.48 Å². The van der Waals surface area contributed by atoms with Crippen LogP contribution in [0.2, 0.25) is 0 Å². The Morgan fingerprint density at radius 3 is 2.65 bits per heavy atom. The van der Waals surface area contributed by atoms with Gasteiger partial charge in [-0.15, -0.1) is 11.3 Å². The highest BCUT2D eigenvalue weighted by Crippen LogP contribution is 2.36. The highest BCUT2D eigenvalue weighted by atomic mass is 32.1. The molecule has 0 aliphatic carbocycles. The highest BCUT2D eigenvalue weighted by Gasteiger charge is 2.24. The molecule has 0 unspecified atom stereocenters. The minimum atomic E-state index is -0.279. The van der Waals surface area contributed by atoms with Crippen LogP contribution in [0.25, 0.3) is 21.8 Å². The molecule has 0 bridgehead atoms. The van der Waals surface area contributed by atoms with E-state index in [0.29, 0.717) is 13.2 Å². The van der Waals surface area contributed by atoms with Gasteiger partial charge < -0.3 is 10.1 Å². The van der Waals surface area contributed by atoms with Crippen molar-refractivity contribution in [3.63, 3.8) is 0 Å². The zero-order valence-corrected chi connectivity index (χ0v) is 18.8. The van der Waals surface area contributed by atoms with Gasteiger partial charge in [0.15, 0.2) is 0 Å². The van der Waals surface area contributed by atoms with Gasteiger partial charge in [0.2, 0.25) is 5.91 Å². The third-order valence-corrected chi connectivity index (χ3v) is 6.16. The Bertz CT molecular complexity index is 1050. The second kappa shape index (κ2) is 8.88. The van der Waals surface area contributed by atoms with E-state index in [4.69, 9.17) is 9.72 Å². The van der Waals surface area contributed by atoms with E-state index in [1.807, 2.05) is 10.1 Å². The molecule has 0 atom stereocenters. The van der Waals surface area contributed by atoms with Gasteiger partial charge >= 0.3 is 0 Å². The number of amides is 1. The molecule has 1 amide bonds. The minimum absolute atomic E-state index is 0.0205. The van der Waals surface area contributed by atoms with Gasteiger partial charge in [0.1, 0.15) is 10.8 Å². The van der Waals surface area contributed by atoms with E-state index in [9.17, 15) is 9.18 Å². The number of benzene rings is 1. The van der Waals surface area contributed by atoms with E-state index in [-0.39, 0.29) is 29.7 Å². The predicted octanol–water partition coefficient (Wildman–Crippen LogP) is 4.41. The number of rotatable bonds is 5. The van der Waals surface area contributed by atoms with Crippen LogP contribution in [0.3, 0.4) is 0 Å². The molecule has 2 aromatic heterocycles. The van der Waals surface area contributed by atoms with E-state index < -0.39 is 0 Å². The van der Waals surface area contributed by atoms with Gasteiger partial charge in [-0.25, -0.2) is 9.37 Å². The van der Waals surface area contributed by atoms with Crippen molar-refractivity contribution in [2.75, 3.05) is 13.2 Å². The van der Waals surface area contributed by atoms with Gasteiger partial charge in [0, 0.05) is 30.2 Å². The molecule has 164 valence electrons. The topological polar surface area (TPSA) is 69.0 Å². The second-order valence-electron chi connectivity index (χ2n) is 8.77. The Labute approximate surface area is 185 Å². The van der Waals surface area contributed by atoms with Crippen LogP contribution in [0, 0.1) is 5.82 Å². The monoisotopic (exact) mass is 442 g/mol. The van der Waals surface area contributed by atoms with E-state index in [2.05, 4.69) is 31.2 Å². The first-order valence-corrected chi connectivity index (χ1v) is 11.4. The van der Waals surface area contributed by atoms with Gasteiger partial charge in [-0.05, 0) is 57.9 Å². The zero-order chi connectivity index (χ0) is 22.0. The maximum atomic E-state index is 13.5. The summed E-state index contributed by atoms with van der Waals surface area (Å²) in [5.74, 6) is -0.299. The molecular weight excluding hydrogens is 415 g/mol. The number of thiazole rings is 1. The lowest BCUT2D eigenvalue weighted by Crippen LogP contribution is -2.39. The average Bonchev–Trinajstić information content (AvgIpc) is 3.36. The van der Waals surface area contributed by atoms with Crippen LogP contribution in [-0.2, 0) is 21.5 Å². The van der Waals surface area contributed by atoms with Crippen LogP contribution >= 0.6 is 11.3 Å². The standard InChI is InChI=1S/C23H27FN4O2S/c1-23(2,3)28-21(15-4-6-16(24)7-5-15)19(13-25-28)22-27-18(14-31-22)12-20(29)26-17-8-10-30-11-9-17/h4-7,13-14,17H,8-12H2,1-3H3,(H,26,29). The molecule has 1 fully saturated rings. The van der Waals surface area contributed by atoms with Crippen LogP contribution in [0.1, 0.15) is 39.3 Å². The third-order valence-electron chi connectivity index (χ3n) is 5.23. The fourth-order valence-electron chi connectivity index (χ4n) is 3.70. The van der Waals surface area contributed by atoms with Crippen LogP contribution in [0.15, 0.2) is 35.8 Å². The third kappa shape index (κ3) is 5.02. The quantitative estimate of drug-likeness (QED) is 0.636. The van der Waals surface area contributed by atoms with Crippen LogP contribution < -0.4 is 5.32 Å². The summed E-state index contributed by atoms with van der Waals surface area (Å²) in [6.45, 7) is 7.60. The summed E-state index contributed by atoms with van der Waals surface area (Å²) in [6.07, 6.45) is 3.74. The summed E-state index contributed by atoms with van der Waals surface area (Å²) in [6, 6.07) is 6.59. The number of ether oxygens (including phenoxy) is 1. The molecule has 6 nitrogen and oxygen atoms in total. The molecule has 1 saturated heterocycles. The SMILES string of the molecule is CC(C)(C)n1ncc(-c2nc(CC(=O)NC3CCOCC3)cs2)c1-c1ccc(F)cc1. The fraction of sp³-hybridized carbons (Fsp3) is 0.435. The number of nitrogens with one attached hydrogen (secondary N) is 1. The van der Waals surface area contributed by atoms with Crippen molar-refractivity contribution in [2.24, 2.45) is 0 Å². The molecule has 1 aromatic carbocycles. The van der Waals surface area contributed by atoms with Crippen molar-refractivity contribution in [1.82, 2.24) is 20.1 Å². The van der Waals surface area contributed by atoms with Gasteiger partial charge in [0.25, 0.3) is 0 Å². The van der Waals surface area contributed by atoms with E-state index in [1.54, 1.807) is 18.3 Å². The molecule has 1 aliphatic heterocycles. The first kappa shape index (κ1) is 21.6. The summed E-state index contributed by atoms with van der Waals surface area (Å²) in [4.78, 5) is 17.2. The zero-order valence-electron chi connectivity index (χ0n) is 18.0. The highest BCUT2D eigenvalue weighted by molar-refractivity contribution is 7.13. The van der Waals surface area contributed by atoms with Gasteiger partial charge in [-0.1, -0.05) is 0 Å². The number of carbonyl (C=O) groups excluding carboxylic acids is 1. The molecule has 1 aliphatic rings. The van der Waals surface area contributed by atoms with Crippen LogP contribution in [-0.4, -0.2) is 39.9 Å². The number of hydrogen-bond donors (Lipinski definition) is 1. The Morgan fingerprint density at radius 1 is 1.26 bits per heavy atom. The molecule has 3 aromatic rings. The molecule has 8 heteroatoms. The Hall–Kier alpha value is -2.58. The molecule has 0 radical (unpaired) electrons. The molecular formula is C23H27FN4O2S. The number of carbonyl (C=O) groups is 1. The maximum absolute atomic E-state index is 13.5. The number of aromatic nitrogens is 3. The maximum Gasteiger partial charge on any atom is 0.226 e.